The predicted molar refractivity (Wildman–Crippen MR) is 71.4 cm³/mol. The SMILES string of the molecule is CN1CCC2(CC1)CC(C(N)=O)c1ccccc12. The average molecular weight is 244 g/mol. The number of hydrogen-bond acceptors (Lipinski definition) is 2. The number of amides is 1. The second kappa shape index (κ2) is 4.09. The minimum absolute atomic E-state index is 0.0791. The number of fused-ring (bicyclic) bond motifs is 2. The van der Waals surface area contributed by atoms with Crippen molar-refractivity contribution in [3.05, 3.63) is 35.4 Å². The zero-order valence-corrected chi connectivity index (χ0v) is 10.9. The van der Waals surface area contributed by atoms with E-state index in [1.54, 1.807) is 0 Å². The number of primary amides is 1. The molecular formula is C15H20N2O. The number of carbonyl (C=O) groups excluding carboxylic acids is 1. The number of rotatable bonds is 1. The van der Waals surface area contributed by atoms with Crippen LogP contribution in [0, 0.1) is 0 Å². The summed E-state index contributed by atoms with van der Waals surface area (Å²) < 4.78 is 0. The maximum atomic E-state index is 11.7. The van der Waals surface area contributed by atoms with Crippen molar-refractivity contribution in [3.8, 4) is 0 Å². The van der Waals surface area contributed by atoms with Crippen molar-refractivity contribution < 1.29 is 4.79 Å². The van der Waals surface area contributed by atoms with Crippen molar-refractivity contribution in [2.75, 3.05) is 20.1 Å². The van der Waals surface area contributed by atoms with E-state index in [0.29, 0.717) is 0 Å². The van der Waals surface area contributed by atoms with Gasteiger partial charge in [0.15, 0.2) is 0 Å². The van der Waals surface area contributed by atoms with Crippen LogP contribution < -0.4 is 5.73 Å². The summed E-state index contributed by atoms with van der Waals surface area (Å²) in [6.45, 7) is 2.22. The highest BCUT2D eigenvalue weighted by atomic mass is 16.1. The van der Waals surface area contributed by atoms with Crippen LogP contribution in [0.15, 0.2) is 24.3 Å². The summed E-state index contributed by atoms with van der Waals surface area (Å²) in [6.07, 6.45) is 3.20. The molecule has 1 unspecified atom stereocenters. The zero-order valence-electron chi connectivity index (χ0n) is 10.9. The van der Waals surface area contributed by atoms with Crippen molar-refractivity contribution in [2.24, 2.45) is 5.73 Å². The summed E-state index contributed by atoms with van der Waals surface area (Å²) in [6, 6.07) is 8.38. The third-order valence-corrected chi connectivity index (χ3v) is 4.79. The highest BCUT2D eigenvalue weighted by Gasteiger charge is 2.46. The summed E-state index contributed by atoms with van der Waals surface area (Å²) in [4.78, 5) is 14.0. The fourth-order valence-corrected chi connectivity index (χ4v) is 3.67. The molecule has 1 amide bonds. The Morgan fingerprint density at radius 2 is 2.00 bits per heavy atom. The molecule has 1 heterocycles. The minimum atomic E-state index is -0.168. The first-order valence-corrected chi connectivity index (χ1v) is 6.70. The lowest BCUT2D eigenvalue weighted by molar-refractivity contribution is -0.119. The quantitative estimate of drug-likeness (QED) is 0.816. The van der Waals surface area contributed by atoms with E-state index in [0.717, 1.165) is 32.4 Å². The van der Waals surface area contributed by atoms with Gasteiger partial charge in [0, 0.05) is 0 Å². The number of nitrogens with two attached hydrogens (primary N) is 1. The number of likely N-dealkylation sites (tertiary alicyclic amines) is 1. The van der Waals surface area contributed by atoms with Crippen LogP contribution in [-0.4, -0.2) is 30.9 Å². The third-order valence-electron chi connectivity index (χ3n) is 4.79. The molecule has 0 radical (unpaired) electrons. The Kier molecular flexibility index (Phi) is 2.67. The molecule has 1 saturated heterocycles. The van der Waals surface area contributed by atoms with Crippen LogP contribution >= 0.6 is 0 Å². The maximum Gasteiger partial charge on any atom is 0.225 e. The second-order valence-corrected chi connectivity index (χ2v) is 5.83. The Hall–Kier alpha value is -1.35. The summed E-state index contributed by atoms with van der Waals surface area (Å²) in [5.41, 5.74) is 8.33. The van der Waals surface area contributed by atoms with Crippen molar-refractivity contribution in [1.29, 1.82) is 0 Å². The monoisotopic (exact) mass is 244 g/mol. The van der Waals surface area contributed by atoms with Crippen LogP contribution in [0.25, 0.3) is 0 Å². The first-order valence-electron chi connectivity index (χ1n) is 6.70. The van der Waals surface area contributed by atoms with Crippen molar-refractivity contribution in [1.82, 2.24) is 4.90 Å². The van der Waals surface area contributed by atoms with E-state index in [1.165, 1.54) is 11.1 Å². The van der Waals surface area contributed by atoms with Gasteiger partial charge in [0.05, 0.1) is 5.92 Å². The van der Waals surface area contributed by atoms with E-state index in [1.807, 2.05) is 6.07 Å². The number of carbonyl (C=O) groups is 1. The molecule has 1 aromatic carbocycles. The van der Waals surface area contributed by atoms with Crippen molar-refractivity contribution in [3.63, 3.8) is 0 Å². The molecular weight excluding hydrogens is 224 g/mol. The van der Waals surface area contributed by atoms with Gasteiger partial charge < -0.3 is 10.6 Å². The Bertz CT molecular complexity index is 475. The van der Waals surface area contributed by atoms with Crippen molar-refractivity contribution in [2.45, 2.75) is 30.6 Å². The van der Waals surface area contributed by atoms with Crippen LogP contribution in [0.5, 0.6) is 0 Å². The Labute approximate surface area is 108 Å². The first-order chi connectivity index (χ1) is 8.62. The van der Waals surface area contributed by atoms with Crippen molar-refractivity contribution >= 4 is 5.91 Å². The molecule has 3 rings (SSSR count). The van der Waals surface area contributed by atoms with Gasteiger partial charge in [-0.1, -0.05) is 24.3 Å². The van der Waals surface area contributed by atoms with Crippen LogP contribution in [0.1, 0.15) is 36.3 Å². The molecule has 1 aliphatic carbocycles. The lowest BCUT2D eigenvalue weighted by Gasteiger charge is -2.38. The Morgan fingerprint density at radius 3 is 2.67 bits per heavy atom. The summed E-state index contributed by atoms with van der Waals surface area (Å²) >= 11 is 0. The normalized spacial score (nSPS) is 26.2. The molecule has 1 aliphatic heterocycles. The lowest BCUT2D eigenvalue weighted by Crippen LogP contribution is -2.40. The largest absolute Gasteiger partial charge is 0.369 e. The van der Waals surface area contributed by atoms with Gasteiger partial charge in [0.2, 0.25) is 5.91 Å². The summed E-state index contributed by atoms with van der Waals surface area (Å²) in [5.74, 6) is -0.247. The van der Waals surface area contributed by atoms with E-state index >= 15 is 0 Å². The lowest BCUT2D eigenvalue weighted by atomic mass is 9.73. The molecule has 2 aliphatic rings. The molecule has 0 aromatic heterocycles. The number of nitrogens with zero attached hydrogens (tertiary/aromatic N) is 1. The van der Waals surface area contributed by atoms with Gasteiger partial charge in [0.25, 0.3) is 0 Å². The molecule has 0 saturated carbocycles. The van der Waals surface area contributed by atoms with Crippen LogP contribution in [-0.2, 0) is 10.2 Å². The Balaban J connectivity index is 2.02. The van der Waals surface area contributed by atoms with Gasteiger partial charge in [-0.25, -0.2) is 0 Å². The van der Waals surface area contributed by atoms with Crippen LogP contribution in [0.4, 0.5) is 0 Å². The molecule has 3 heteroatoms. The number of hydrogen-bond donors (Lipinski definition) is 1. The summed E-state index contributed by atoms with van der Waals surface area (Å²) in [5, 5.41) is 0. The van der Waals surface area contributed by atoms with Gasteiger partial charge >= 0.3 is 0 Å². The van der Waals surface area contributed by atoms with E-state index in [4.69, 9.17) is 5.73 Å². The van der Waals surface area contributed by atoms with E-state index < -0.39 is 0 Å². The second-order valence-electron chi connectivity index (χ2n) is 5.83. The maximum absolute atomic E-state index is 11.7. The molecule has 1 aromatic rings. The fourth-order valence-electron chi connectivity index (χ4n) is 3.67. The smallest absolute Gasteiger partial charge is 0.225 e. The molecule has 96 valence electrons. The minimum Gasteiger partial charge on any atom is -0.369 e. The molecule has 0 bridgehead atoms. The van der Waals surface area contributed by atoms with Gasteiger partial charge in [-0.15, -0.1) is 0 Å². The molecule has 2 N–H and O–H groups in total. The van der Waals surface area contributed by atoms with Gasteiger partial charge in [-0.05, 0) is 55.9 Å². The van der Waals surface area contributed by atoms with Gasteiger partial charge in [0.1, 0.15) is 0 Å². The van der Waals surface area contributed by atoms with Crippen LogP contribution in [0.2, 0.25) is 0 Å². The number of benzene rings is 1. The molecule has 1 fully saturated rings. The van der Waals surface area contributed by atoms with Gasteiger partial charge in [-0.2, -0.15) is 0 Å². The Morgan fingerprint density at radius 1 is 1.33 bits per heavy atom. The number of piperidine rings is 1. The van der Waals surface area contributed by atoms with E-state index in [2.05, 4.69) is 30.1 Å². The highest BCUT2D eigenvalue weighted by Crippen LogP contribution is 2.51. The first kappa shape index (κ1) is 11.7. The summed E-state index contributed by atoms with van der Waals surface area (Å²) in [7, 11) is 2.17. The average Bonchev–Trinajstić information content (AvgIpc) is 2.69. The third kappa shape index (κ3) is 1.65. The molecule has 1 atom stereocenters. The fraction of sp³-hybridized carbons (Fsp3) is 0.533. The standard InChI is InChI=1S/C15H20N2O/c1-17-8-6-15(7-9-17)10-12(14(16)18)11-4-2-3-5-13(11)15/h2-5,12H,6-10H2,1H3,(H2,16,18). The zero-order chi connectivity index (χ0) is 12.8. The van der Waals surface area contributed by atoms with E-state index in [-0.39, 0.29) is 17.2 Å². The van der Waals surface area contributed by atoms with Crippen LogP contribution in [0.3, 0.4) is 0 Å². The highest BCUT2D eigenvalue weighted by molar-refractivity contribution is 5.84. The van der Waals surface area contributed by atoms with E-state index in [9.17, 15) is 4.79 Å². The van der Waals surface area contributed by atoms with Gasteiger partial charge in [-0.3, -0.25) is 4.79 Å². The predicted octanol–water partition coefficient (Wildman–Crippen LogP) is 1.62. The molecule has 3 nitrogen and oxygen atoms in total. The molecule has 18 heavy (non-hydrogen) atoms. The topological polar surface area (TPSA) is 46.3 Å². The molecule has 1 spiro atoms.